The lowest BCUT2D eigenvalue weighted by Crippen LogP contribution is -2.45. The molecular weight excluding hydrogens is 220 g/mol. The Morgan fingerprint density at radius 2 is 2.06 bits per heavy atom. The maximum absolute atomic E-state index is 6.01. The summed E-state index contributed by atoms with van der Waals surface area (Å²) < 4.78 is 0. The zero-order valence-electron chi connectivity index (χ0n) is 9.70. The van der Waals surface area contributed by atoms with Gasteiger partial charge in [-0.1, -0.05) is 30.7 Å². The van der Waals surface area contributed by atoms with E-state index in [0.29, 0.717) is 12.0 Å². The van der Waals surface area contributed by atoms with Crippen LogP contribution in [0.4, 0.5) is 0 Å². The summed E-state index contributed by atoms with van der Waals surface area (Å²) in [5.41, 5.74) is 7.34. The molecule has 3 heteroatoms. The van der Waals surface area contributed by atoms with Crippen molar-refractivity contribution in [1.82, 2.24) is 4.90 Å². The number of nitrogens with two attached hydrogens (primary N) is 1. The van der Waals surface area contributed by atoms with Crippen molar-refractivity contribution in [2.75, 3.05) is 13.1 Å². The van der Waals surface area contributed by atoms with Crippen LogP contribution < -0.4 is 5.73 Å². The minimum atomic E-state index is 0.376. The highest BCUT2D eigenvalue weighted by molar-refractivity contribution is 6.30. The van der Waals surface area contributed by atoms with Crippen LogP contribution in [0.2, 0.25) is 5.02 Å². The topological polar surface area (TPSA) is 29.3 Å². The molecule has 1 aromatic rings. The van der Waals surface area contributed by atoms with Gasteiger partial charge in [0.15, 0.2) is 0 Å². The lowest BCUT2D eigenvalue weighted by Gasteiger charge is -2.35. The second-order valence-electron chi connectivity index (χ2n) is 4.79. The van der Waals surface area contributed by atoms with E-state index in [9.17, 15) is 0 Å². The van der Waals surface area contributed by atoms with E-state index < -0.39 is 0 Å². The third-order valence-corrected chi connectivity index (χ3v) is 3.63. The van der Waals surface area contributed by atoms with Crippen molar-refractivity contribution in [3.8, 4) is 0 Å². The summed E-state index contributed by atoms with van der Waals surface area (Å²) in [6.07, 6.45) is 1.11. The Morgan fingerprint density at radius 3 is 2.69 bits per heavy atom. The van der Waals surface area contributed by atoms with Crippen molar-refractivity contribution in [1.29, 1.82) is 0 Å². The van der Waals surface area contributed by atoms with Crippen molar-refractivity contribution >= 4 is 11.6 Å². The predicted molar refractivity (Wildman–Crippen MR) is 68.5 cm³/mol. The van der Waals surface area contributed by atoms with Gasteiger partial charge >= 0.3 is 0 Å². The van der Waals surface area contributed by atoms with Crippen LogP contribution in [0.25, 0.3) is 0 Å². The molecule has 1 heterocycles. The van der Waals surface area contributed by atoms with Gasteiger partial charge in [-0.2, -0.15) is 0 Å². The fourth-order valence-corrected chi connectivity index (χ4v) is 2.37. The average molecular weight is 239 g/mol. The van der Waals surface area contributed by atoms with Gasteiger partial charge < -0.3 is 5.73 Å². The lowest BCUT2D eigenvalue weighted by molar-refractivity contribution is 0.158. The number of piperidine rings is 1. The van der Waals surface area contributed by atoms with Crippen LogP contribution in [0.15, 0.2) is 24.3 Å². The Hall–Kier alpha value is -0.570. The van der Waals surface area contributed by atoms with Crippen LogP contribution in [0.5, 0.6) is 0 Å². The number of nitrogens with zero attached hydrogens (tertiary/aromatic N) is 1. The van der Waals surface area contributed by atoms with Crippen molar-refractivity contribution in [3.05, 3.63) is 34.9 Å². The molecule has 1 fully saturated rings. The Kier molecular flexibility index (Phi) is 3.85. The van der Waals surface area contributed by atoms with Crippen LogP contribution in [-0.4, -0.2) is 24.0 Å². The first kappa shape index (κ1) is 11.9. The third-order valence-electron chi connectivity index (χ3n) is 3.38. The zero-order valence-corrected chi connectivity index (χ0v) is 10.5. The van der Waals surface area contributed by atoms with Gasteiger partial charge in [-0.3, -0.25) is 4.90 Å². The minimum Gasteiger partial charge on any atom is -0.327 e. The first-order chi connectivity index (χ1) is 7.65. The summed E-state index contributed by atoms with van der Waals surface area (Å²) in [4.78, 5) is 2.47. The van der Waals surface area contributed by atoms with E-state index in [1.54, 1.807) is 0 Å². The largest absolute Gasteiger partial charge is 0.327 e. The summed E-state index contributed by atoms with van der Waals surface area (Å²) in [5, 5.41) is 0.804. The van der Waals surface area contributed by atoms with Gasteiger partial charge in [0.25, 0.3) is 0 Å². The fraction of sp³-hybridized carbons (Fsp3) is 0.538. The van der Waals surface area contributed by atoms with Crippen molar-refractivity contribution in [2.24, 2.45) is 11.7 Å². The summed E-state index contributed by atoms with van der Waals surface area (Å²) in [5.74, 6) is 0.598. The summed E-state index contributed by atoms with van der Waals surface area (Å²) in [6.45, 7) is 5.45. The molecule has 2 nitrogen and oxygen atoms in total. The predicted octanol–water partition coefficient (Wildman–Crippen LogP) is 2.51. The standard InChI is InChI=1S/C13H19ClN2/c1-10-8-16(7-6-13(10)15)9-11-2-4-12(14)5-3-11/h2-5,10,13H,6-9,15H2,1H3/t10-,13-/m0/s1. The lowest BCUT2D eigenvalue weighted by atomic mass is 9.94. The van der Waals surface area contributed by atoms with Crippen LogP contribution in [0.3, 0.4) is 0 Å². The molecule has 1 aliphatic rings. The summed E-state index contributed by atoms with van der Waals surface area (Å²) >= 11 is 5.87. The van der Waals surface area contributed by atoms with Gasteiger partial charge in [0, 0.05) is 24.2 Å². The average Bonchev–Trinajstić information content (AvgIpc) is 2.27. The molecule has 0 saturated carbocycles. The molecule has 0 spiro atoms. The molecular formula is C13H19ClN2. The van der Waals surface area contributed by atoms with E-state index in [0.717, 1.165) is 31.1 Å². The number of rotatable bonds is 2. The molecule has 88 valence electrons. The third kappa shape index (κ3) is 2.97. The molecule has 2 atom stereocenters. The molecule has 0 amide bonds. The molecule has 0 bridgehead atoms. The van der Waals surface area contributed by atoms with E-state index in [4.69, 9.17) is 17.3 Å². The Morgan fingerprint density at radius 1 is 1.38 bits per heavy atom. The van der Waals surface area contributed by atoms with E-state index in [1.165, 1.54) is 5.56 Å². The van der Waals surface area contributed by atoms with Crippen molar-refractivity contribution < 1.29 is 0 Å². The van der Waals surface area contributed by atoms with E-state index >= 15 is 0 Å². The number of benzene rings is 1. The molecule has 2 rings (SSSR count). The maximum Gasteiger partial charge on any atom is 0.0406 e. The van der Waals surface area contributed by atoms with Crippen molar-refractivity contribution in [3.63, 3.8) is 0 Å². The number of likely N-dealkylation sites (tertiary alicyclic amines) is 1. The number of halogens is 1. The van der Waals surface area contributed by atoms with E-state index in [2.05, 4.69) is 24.0 Å². The first-order valence-corrected chi connectivity index (χ1v) is 6.25. The van der Waals surface area contributed by atoms with Crippen LogP contribution in [0.1, 0.15) is 18.9 Å². The Bertz CT molecular complexity index is 336. The Balaban J connectivity index is 1.93. The molecule has 1 saturated heterocycles. The quantitative estimate of drug-likeness (QED) is 0.858. The molecule has 0 aromatic heterocycles. The number of hydrogen-bond acceptors (Lipinski definition) is 2. The van der Waals surface area contributed by atoms with Gasteiger partial charge in [-0.25, -0.2) is 0 Å². The van der Waals surface area contributed by atoms with E-state index in [-0.39, 0.29) is 0 Å². The molecule has 0 radical (unpaired) electrons. The summed E-state index contributed by atoms with van der Waals surface area (Å²) in [7, 11) is 0. The van der Waals surface area contributed by atoms with Gasteiger partial charge in [0.1, 0.15) is 0 Å². The normalized spacial score (nSPS) is 26.9. The van der Waals surface area contributed by atoms with Gasteiger partial charge in [0.05, 0.1) is 0 Å². The smallest absolute Gasteiger partial charge is 0.0406 e. The Labute approximate surface area is 102 Å². The minimum absolute atomic E-state index is 0.376. The van der Waals surface area contributed by atoms with Crippen LogP contribution in [-0.2, 0) is 6.54 Å². The SMILES string of the molecule is C[C@H]1CN(Cc2ccc(Cl)cc2)CC[C@@H]1N. The highest BCUT2D eigenvalue weighted by Crippen LogP contribution is 2.18. The number of hydrogen-bond donors (Lipinski definition) is 1. The second kappa shape index (κ2) is 5.17. The summed E-state index contributed by atoms with van der Waals surface area (Å²) in [6, 6.07) is 8.48. The molecule has 16 heavy (non-hydrogen) atoms. The van der Waals surface area contributed by atoms with Gasteiger partial charge in [-0.05, 0) is 36.6 Å². The maximum atomic E-state index is 6.01. The van der Waals surface area contributed by atoms with Crippen LogP contribution in [0, 0.1) is 5.92 Å². The highest BCUT2D eigenvalue weighted by atomic mass is 35.5. The fourth-order valence-electron chi connectivity index (χ4n) is 2.24. The second-order valence-corrected chi connectivity index (χ2v) is 5.23. The zero-order chi connectivity index (χ0) is 11.5. The molecule has 1 aromatic carbocycles. The first-order valence-electron chi connectivity index (χ1n) is 5.87. The monoisotopic (exact) mass is 238 g/mol. The molecule has 2 N–H and O–H groups in total. The van der Waals surface area contributed by atoms with E-state index in [1.807, 2.05) is 12.1 Å². The van der Waals surface area contributed by atoms with Gasteiger partial charge in [0.2, 0.25) is 0 Å². The molecule has 0 aliphatic carbocycles. The van der Waals surface area contributed by atoms with Crippen LogP contribution >= 0.6 is 11.6 Å². The van der Waals surface area contributed by atoms with Gasteiger partial charge in [-0.15, -0.1) is 0 Å². The highest BCUT2D eigenvalue weighted by Gasteiger charge is 2.22. The molecule has 1 aliphatic heterocycles. The molecule has 0 unspecified atom stereocenters. The van der Waals surface area contributed by atoms with Crippen molar-refractivity contribution in [2.45, 2.75) is 25.9 Å².